The molecule has 2 aliphatic rings. The monoisotopic (exact) mass is 370 g/mol. The van der Waals surface area contributed by atoms with Gasteiger partial charge in [-0.25, -0.2) is 0 Å². The first-order chi connectivity index (χ1) is 10.3. The van der Waals surface area contributed by atoms with Crippen molar-refractivity contribution in [2.45, 2.75) is 70.0 Å². The molecular weight excluding hydrogens is 344 g/mol. The molecule has 2 fully saturated rings. The Morgan fingerprint density at radius 3 is 2.67 bits per heavy atom. The van der Waals surface area contributed by atoms with Crippen molar-refractivity contribution in [2.24, 2.45) is 0 Å². The number of hydrogen-bond acceptors (Lipinski definition) is 3. The molecule has 1 N–H and O–H groups in total. The molecule has 2 unspecified atom stereocenters. The fraction of sp³-hybridized carbons (Fsp3) is 0.765. The van der Waals surface area contributed by atoms with Gasteiger partial charge in [0.25, 0.3) is 0 Å². The van der Waals surface area contributed by atoms with Crippen LogP contribution in [0.15, 0.2) is 15.9 Å². The van der Waals surface area contributed by atoms with Crippen molar-refractivity contribution in [1.29, 1.82) is 0 Å². The lowest BCUT2D eigenvalue weighted by Gasteiger charge is -2.49. The van der Waals surface area contributed by atoms with Crippen molar-refractivity contribution in [1.82, 2.24) is 10.2 Å². The van der Waals surface area contributed by atoms with Crippen LogP contribution < -0.4 is 5.32 Å². The van der Waals surface area contributed by atoms with E-state index >= 15 is 0 Å². The lowest BCUT2D eigenvalue weighted by molar-refractivity contribution is 0.0258. The zero-order valence-corrected chi connectivity index (χ0v) is 15.4. The van der Waals surface area contributed by atoms with Crippen molar-refractivity contribution in [3.8, 4) is 0 Å². The first-order valence-corrected chi connectivity index (χ1v) is 10.1. The number of hydrogen-bond donors (Lipinski definition) is 1. The van der Waals surface area contributed by atoms with Gasteiger partial charge in [0.1, 0.15) is 0 Å². The molecule has 2 atom stereocenters. The summed E-state index contributed by atoms with van der Waals surface area (Å²) in [5, 5.41) is 3.77. The Labute approximate surface area is 141 Å². The summed E-state index contributed by atoms with van der Waals surface area (Å²) >= 11 is 5.47. The average molecular weight is 371 g/mol. The van der Waals surface area contributed by atoms with Gasteiger partial charge in [-0.15, -0.1) is 11.3 Å². The molecule has 4 heteroatoms. The molecule has 0 amide bonds. The van der Waals surface area contributed by atoms with Crippen LogP contribution in [-0.2, 0) is 6.42 Å². The molecule has 0 spiro atoms. The van der Waals surface area contributed by atoms with Crippen LogP contribution in [0.2, 0.25) is 0 Å². The summed E-state index contributed by atoms with van der Waals surface area (Å²) in [5.41, 5.74) is 0. The standard InChI is InChI=1S/C17H27BrN2S/c1-2-9-19-13-11-14-4-3-5-15(12-13)20(14)10-8-16-6-7-17(18)21-16/h6-7,13-15,19H,2-5,8-12H2,1H3. The summed E-state index contributed by atoms with van der Waals surface area (Å²) in [6.45, 7) is 4.71. The predicted molar refractivity (Wildman–Crippen MR) is 95.2 cm³/mol. The summed E-state index contributed by atoms with van der Waals surface area (Å²) in [7, 11) is 0. The fourth-order valence-electron chi connectivity index (χ4n) is 4.08. The van der Waals surface area contributed by atoms with Gasteiger partial charge in [0.15, 0.2) is 0 Å². The first kappa shape index (κ1) is 16.0. The van der Waals surface area contributed by atoms with Crippen LogP contribution in [0, 0.1) is 0 Å². The normalized spacial score (nSPS) is 29.7. The minimum absolute atomic E-state index is 0.771. The van der Waals surface area contributed by atoms with Crippen molar-refractivity contribution < 1.29 is 0 Å². The molecule has 2 nitrogen and oxygen atoms in total. The number of rotatable bonds is 6. The summed E-state index contributed by atoms with van der Waals surface area (Å²) in [6, 6.07) is 6.89. The van der Waals surface area contributed by atoms with Gasteiger partial charge in [0, 0.05) is 29.5 Å². The topological polar surface area (TPSA) is 15.3 Å². The van der Waals surface area contributed by atoms with Gasteiger partial charge in [-0.2, -0.15) is 0 Å². The molecule has 2 aliphatic heterocycles. The van der Waals surface area contributed by atoms with Gasteiger partial charge in [-0.05, 0) is 73.1 Å². The van der Waals surface area contributed by atoms with Gasteiger partial charge in [-0.3, -0.25) is 4.90 Å². The summed E-state index contributed by atoms with van der Waals surface area (Å²) in [5.74, 6) is 0. The van der Waals surface area contributed by atoms with Crippen LogP contribution in [0.1, 0.15) is 50.3 Å². The molecule has 0 saturated carbocycles. The van der Waals surface area contributed by atoms with Crippen LogP contribution in [0.4, 0.5) is 0 Å². The van der Waals surface area contributed by atoms with Gasteiger partial charge < -0.3 is 5.32 Å². The van der Waals surface area contributed by atoms with E-state index in [-0.39, 0.29) is 0 Å². The van der Waals surface area contributed by atoms with E-state index < -0.39 is 0 Å². The van der Waals surface area contributed by atoms with Crippen molar-refractivity contribution in [3.05, 3.63) is 20.8 Å². The molecule has 21 heavy (non-hydrogen) atoms. The van der Waals surface area contributed by atoms with Crippen molar-refractivity contribution in [3.63, 3.8) is 0 Å². The first-order valence-electron chi connectivity index (χ1n) is 8.49. The van der Waals surface area contributed by atoms with E-state index in [1.165, 1.54) is 66.7 Å². The van der Waals surface area contributed by atoms with Crippen LogP contribution >= 0.6 is 27.3 Å². The third-order valence-corrected chi connectivity index (χ3v) is 6.74. The molecule has 3 heterocycles. The molecule has 118 valence electrons. The highest BCUT2D eigenvalue weighted by molar-refractivity contribution is 9.11. The minimum atomic E-state index is 0.771. The maximum atomic E-state index is 3.77. The summed E-state index contributed by atoms with van der Waals surface area (Å²) in [4.78, 5) is 4.35. The van der Waals surface area contributed by atoms with Crippen LogP contribution in [0.25, 0.3) is 0 Å². The van der Waals surface area contributed by atoms with Crippen LogP contribution in [-0.4, -0.2) is 36.1 Å². The highest BCUT2D eigenvalue weighted by atomic mass is 79.9. The average Bonchev–Trinajstić information content (AvgIpc) is 2.88. The molecule has 3 rings (SSSR count). The van der Waals surface area contributed by atoms with Crippen LogP contribution in [0.5, 0.6) is 0 Å². The number of halogens is 1. The third kappa shape index (κ3) is 4.10. The quantitative estimate of drug-likeness (QED) is 0.795. The maximum Gasteiger partial charge on any atom is 0.0701 e. The zero-order valence-electron chi connectivity index (χ0n) is 13.0. The van der Waals surface area contributed by atoms with E-state index in [9.17, 15) is 0 Å². The maximum absolute atomic E-state index is 3.77. The van der Waals surface area contributed by atoms with Gasteiger partial charge in [-0.1, -0.05) is 13.3 Å². The second-order valence-electron chi connectivity index (χ2n) is 6.55. The highest BCUT2D eigenvalue weighted by Gasteiger charge is 2.37. The second kappa shape index (κ2) is 7.58. The molecule has 0 aromatic carbocycles. The molecule has 2 bridgehead atoms. The number of nitrogens with zero attached hydrogens (tertiary/aromatic N) is 1. The Balaban J connectivity index is 1.56. The summed E-state index contributed by atoms with van der Waals surface area (Å²) in [6.07, 6.45) is 9.47. The number of thiophene rings is 1. The molecule has 2 saturated heterocycles. The number of fused-ring (bicyclic) bond motifs is 2. The van der Waals surface area contributed by atoms with E-state index in [0.717, 1.165) is 18.1 Å². The van der Waals surface area contributed by atoms with Crippen molar-refractivity contribution in [2.75, 3.05) is 13.1 Å². The van der Waals surface area contributed by atoms with Gasteiger partial charge >= 0.3 is 0 Å². The Morgan fingerprint density at radius 2 is 2.05 bits per heavy atom. The third-order valence-electron chi connectivity index (χ3n) is 5.05. The molecule has 1 aromatic heterocycles. The fourth-order valence-corrected chi connectivity index (χ4v) is 5.56. The predicted octanol–water partition coefficient (Wildman–Crippen LogP) is 4.44. The SMILES string of the molecule is CCCNC1CC2CCCC(C1)N2CCc1ccc(Br)s1. The van der Waals surface area contributed by atoms with E-state index in [1.54, 1.807) is 0 Å². The zero-order chi connectivity index (χ0) is 14.7. The Kier molecular flexibility index (Phi) is 5.77. The Hall–Kier alpha value is 0.1000. The molecular formula is C17H27BrN2S. The minimum Gasteiger partial charge on any atom is -0.314 e. The Morgan fingerprint density at radius 1 is 1.29 bits per heavy atom. The highest BCUT2D eigenvalue weighted by Crippen LogP contribution is 2.34. The smallest absolute Gasteiger partial charge is 0.0701 e. The van der Waals surface area contributed by atoms with E-state index in [4.69, 9.17) is 0 Å². The molecule has 1 aromatic rings. The van der Waals surface area contributed by atoms with Gasteiger partial charge in [0.05, 0.1) is 3.79 Å². The van der Waals surface area contributed by atoms with E-state index in [1.807, 2.05) is 11.3 Å². The largest absolute Gasteiger partial charge is 0.314 e. The van der Waals surface area contributed by atoms with E-state index in [2.05, 4.69) is 45.2 Å². The van der Waals surface area contributed by atoms with Crippen LogP contribution in [0.3, 0.4) is 0 Å². The lowest BCUT2D eigenvalue weighted by atomic mass is 9.81. The lowest BCUT2D eigenvalue weighted by Crippen LogP contribution is -2.56. The molecule has 0 radical (unpaired) electrons. The number of piperidine rings is 2. The Bertz CT molecular complexity index is 434. The number of nitrogens with one attached hydrogen (secondary N) is 1. The second-order valence-corrected chi connectivity index (χ2v) is 9.10. The molecule has 0 aliphatic carbocycles. The van der Waals surface area contributed by atoms with E-state index in [0.29, 0.717) is 0 Å². The van der Waals surface area contributed by atoms with Gasteiger partial charge in [0.2, 0.25) is 0 Å². The van der Waals surface area contributed by atoms with Crippen molar-refractivity contribution >= 4 is 27.3 Å². The summed E-state index contributed by atoms with van der Waals surface area (Å²) < 4.78 is 1.26.